The number of likely N-dealkylation sites (tertiary alicyclic amines) is 1. The summed E-state index contributed by atoms with van der Waals surface area (Å²) in [7, 11) is 0. The molecule has 0 N–H and O–H groups in total. The van der Waals surface area contributed by atoms with Crippen LogP contribution in [0, 0.1) is 5.92 Å². The third-order valence-electron chi connectivity index (χ3n) is 5.70. The Morgan fingerprint density at radius 2 is 1.92 bits per heavy atom. The van der Waals surface area contributed by atoms with Crippen molar-refractivity contribution < 1.29 is 4.79 Å². The van der Waals surface area contributed by atoms with Gasteiger partial charge in [-0.3, -0.25) is 14.6 Å². The van der Waals surface area contributed by atoms with Crippen molar-refractivity contribution in [2.45, 2.75) is 45.3 Å². The number of hydrogen-bond acceptors (Lipinski definition) is 6. The van der Waals surface area contributed by atoms with Crippen molar-refractivity contribution in [1.82, 2.24) is 34.9 Å². The molecule has 4 rings (SSSR count). The van der Waals surface area contributed by atoms with E-state index in [4.69, 9.17) is 0 Å². The molecule has 0 bridgehead atoms. The third-order valence-corrected chi connectivity index (χ3v) is 5.70. The lowest BCUT2D eigenvalue weighted by molar-refractivity contribution is -0.130. The van der Waals surface area contributed by atoms with Gasteiger partial charge in [0, 0.05) is 52.2 Å². The topological polar surface area (TPSA) is 70.4 Å². The molecule has 0 unspecified atom stereocenters. The number of amides is 1. The summed E-state index contributed by atoms with van der Waals surface area (Å²) < 4.78 is 2.02. The normalized spacial score (nSPS) is 29.3. The van der Waals surface area contributed by atoms with Gasteiger partial charge in [0.25, 0.3) is 0 Å². The van der Waals surface area contributed by atoms with Gasteiger partial charge in [0.2, 0.25) is 5.91 Å². The predicted octanol–water partition coefficient (Wildman–Crippen LogP) is -0.00760. The fraction of sp³-hybridized carbons (Fsp3) is 0.875. The van der Waals surface area contributed by atoms with Crippen LogP contribution in [-0.4, -0.2) is 86.1 Å². The quantitative estimate of drug-likeness (QED) is 0.772. The average Bonchev–Trinajstić information content (AvgIpc) is 3.20. The molecule has 1 saturated carbocycles. The molecule has 3 fully saturated rings. The van der Waals surface area contributed by atoms with Crippen molar-refractivity contribution in [3.8, 4) is 0 Å². The van der Waals surface area contributed by atoms with Crippen molar-refractivity contribution in [2.24, 2.45) is 5.92 Å². The highest BCUT2D eigenvalue weighted by atomic mass is 16.2. The summed E-state index contributed by atoms with van der Waals surface area (Å²) >= 11 is 0. The fourth-order valence-corrected chi connectivity index (χ4v) is 4.14. The number of carbonyl (C=O) groups excluding carboxylic acids is 1. The molecule has 2 saturated heterocycles. The first kappa shape index (κ1) is 16.0. The van der Waals surface area contributed by atoms with Gasteiger partial charge in [-0.25, -0.2) is 4.68 Å². The summed E-state index contributed by atoms with van der Waals surface area (Å²) in [5.41, 5.74) is 0. The van der Waals surface area contributed by atoms with Gasteiger partial charge in [-0.15, -0.1) is 5.10 Å². The van der Waals surface area contributed by atoms with Crippen LogP contribution in [0.3, 0.4) is 0 Å². The predicted molar refractivity (Wildman–Crippen MR) is 88.1 cm³/mol. The number of hydrogen-bond donors (Lipinski definition) is 0. The highest BCUT2D eigenvalue weighted by Gasteiger charge is 2.36. The van der Waals surface area contributed by atoms with E-state index in [1.54, 1.807) is 6.92 Å². The van der Waals surface area contributed by atoms with Crippen molar-refractivity contribution in [3.63, 3.8) is 0 Å². The minimum absolute atomic E-state index is 0.197. The average molecular weight is 333 g/mol. The Balaban J connectivity index is 1.34. The molecular weight excluding hydrogens is 306 g/mol. The van der Waals surface area contributed by atoms with Crippen molar-refractivity contribution in [3.05, 3.63) is 5.82 Å². The maximum atomic E-state index is 11.5. The maximum absolute atomic E-state index is 11.5. The summed E-state index contributed by atoms with van der Waals surface area (Å²) in [6.07, 6.45) is 2.41. The van der Waals surface area contributed by atoms with Crippen LogP contribution in [0.2, 0.25) is 0 Å². The zero-order valence-electron chi connectivity index (χ0n) is 14.6. The van der Waals surface area contributed by atoms with Crippen LogP contribution in [0.1, 0.15) is 38.6 Å². The molecule has 8 nitrogen and oxygen atoms in total. The smallest absolute Gasteiger partial charge is 0.219 e. The van der Waals surface area contributed by atoms with E-state index in [9.17, 15) is 4.79 Å². The van der Waals surface area contributed by atoms with E-state index >= 15 is 0 Å². The van der Waals surface area contributed by atoms with Gasteiger partial charge in [-0.2, -0.15) is 0 Å². The van der Waals surface area contributed by atoms with Crippen LogP contribution >= 0.6 is 0 Å². The molecule has 1 aliphatic carbocycles. The van der Waals surface area contributed by atoms with Crippen LogP contribution in [0.25, 0.3) is 0 Å². The first-order chi connectivity index (χ1) is 11.6. The van der Waals surface area contributed by atoms with Crippen molar-refractivity contribution in [2.75, 3.05) is 39.3 Å². The first-order valence-electron chi connectivity index (χ1n) is 9.10. The van der Waals surface area contributed by atoms with Crippen molar-refractivity contribution >= 4 is 5.91 Å². The van der Waals surface area contributed by atoms with Crippen LogP contribution < -0.4 is 0 Å². The number of carbonyl (C=O) groups is 1. The Kier molecular flexibility index (Phi) is 4.26. The van der Waals surface area contributed by atoms with E-state index in [-0.39, 0.29) is 5.91 Å². The minimum Gasteiger partial charge on any atom is -0.340 e. The van der Waals surface area contributed by atoms with Gasteiger partial charge in [-0.1, -0.05) is 6.92 Å². The number of piperazine rings is 1. The Hall–Kier alpha value is -1.54. The number of nitrogens with zero attached hydrogens (tertiary/aromatic N) is 7. The van der Waals surface area contributed by atoms with E-state index in [0.29, 0.717) is 18.0 Å². The molecule has 1 amide bonds. The van der Waals surface area contributed by atoms with E-state index in [1.165, 1.54) is 12.8 Å². The molecular formula is C16H27N7O. The molecule has 2 aliphatic heterocycles. The van der Waals surface area contributed by atoms with Crippen LogP contribution in [0.4, 0.5) is 0 Å². The Morgan fingerprint density at radius 1 is 1.17 bits per heavy atom. The van der Waals surface area contributed by atoms with Crippen LogP contribution in [0.15, 0.2) is 0 Å². The van der Waals surface area contributed by atoms with Gasteiger partial charge >= 0.3 is 0 Å². The minimum atomic E-state index is 0.197. The molecule has 0 radical (unpaired) electrons. The molecule has 3 heterocycles. The van der Waals surface area contributed by atoms with E-state index in [1.807, 2.05) is 9.58 Å². The SMILES string of the molecule is CC(=O)N1CCN([C@@H]2CN(Cc3nnnn3C3CC3)C[C@H]2C)CC1. The lowest BCUT2D eigenvalue weighted by Gasteiger charge is -2.39. The molecule has 0 spiro atoms. The summed E-state index contributed by atoms with van der Waals surface area (Å²) in [6, 6.07) is 1.11. The zero-order valence-corrected chi connectivity index (χ0v) is 14.6. The van der Waals surface area contributed by atoms with Gasteiger partial charge < -0.3 is 4.90 Å². The van der Waals surface area contributed by atoms with E-state index in [0.717, 1.165) is 51.6 Å². The second-order valence-electron chi connectivity index (χ2n) is 7.55. The summed E-state index contributed by atoms with van der Waals surface area (Å²) in [4.78, 5) is 18.5. The monoisotopic (exact) mass is 333 g/mol. The number of aromatic nitrogens is 4. The standard InChI is InChI=1S/C16H27N7O/c1-12-9-20(11-16-17-18-19-23(16)14-3-4-14)10-15(12)22-7-5-21(6-8-22)13(2)24/h12,14-15H,3-11H2,1-2H3/t12-,15-/m1/s1. The second kappa shape index (κ2) is 6.40. The Labute approximate surface area is 142 Å². The third kappa shape index (κ3) is 3.17. The molecule has 1 aromatic heterocycles. The van der Waals surface area contributed by atoms with Crippen LogP contribution in [-0.2, 0) is 11.3 Å². The Morgan fingerprint density at radius 3 is 2.58 bits per heavy atom. The maximum Gasteiger partial charge on any atom is 0.219 e. The Bertz CT molecular complexity index is 591. The van der Waals surface area contributed by atoms with Crippen molar-refractivity contribution in [1.29, 1.82) is 0 Å². The summed E-state index contributed by atoms with van der Waals surface area (Å²) in [6.45, 7) is 10.7. The highest BCUT2D eigenvalue weighted by Crippen LogP contribution is 2.35. The number of tetrazole rings is 1. The molecule has 1 aromatic rings. The largest absolute Gasteiger partial charge is 0.340 e. The van der Waals surface area contributed by atoms with E-state index in [2.05, 4.69) is 32.2 Å². The fourth-order valence-electron chi connectivity index (χ4n) is 4.14. The van der Waals surface area contributed by atoms with Gasteiger partial charge in [0.05, 0.1) is 12.6 Å². The highest BCUT2D eigenvalue weighted by molar-refractivity contribution is 5.73. The molecule has 8 heteroatoms. The second-order valence-corrected chi connectivity index (χ2v) is 7.55. The zero-order chi connectivity index (χ0) is 16.7. The van der Waals surface area contributed by atoms with Gasteiger partial charge in [-0.05, 0) is 29.2 Å². The lowest BCUT2D eigenvalue weighted by atomic mass is 10.0. The van der Waals surface area contributed by atoms with Gasteiger partial charge in [0.15, 0.2) is 5.82 Å². The molecule has 0 aromatic carbocycles. The van der Waals surface area contributed by atoms with E-state index < -0.39 is 0 Å². The first-order valence-corrected chi connectivity index (χ1v) is 9.10. The lowest BCUT2D eigenvalue weighted by Crippen LogP contribution is -2.53. The molecule has 24 heavy (non-hydrogen) atoms. The molecule has 132 valence electrons. The molecule has 3 aliphatic rings. The summed E-state index contributed by atoms with van der Waals surface area (Å²) in [5.74, 6) is 1.84. The number of rotatable bonds is 4. The van der Waals surface area contributed by atoms with Gasteiger partial charge in [0.1, 0.15) is 0 Å². The molecule has 2 atom stereocenters. The van der Waals surface area contributed by atoms with Crippen LogP contribution in [0.5, 0.6) is 0 Å². The summed E-state index contributed by atoms with van der Waals surface area (Å²) in [5, 5.41) is 12.3.